The van der Waals surface area contributed by atoms with Crippen LogP contribution in [-0.2, 0) is 9.53 Å². The van der Waals surface area contributed by atoms with Gasteiger partial charge in [0.15, 0.2) is 0 Å². The Morgan fingerprint density at radius 2 is 1.81 bits per heavy atom. The molecule has 1 unspecified atom stereocenters. The second-order valence-corrected chi connectivity index (χ2v) is 4.57. The Bertz CT molecular complexity index is 584. The molecule has 0 radical (unpaired) electrons. The van der Waals surface area contributed by atoms with Crippen LogP contribution >= 0.6 is 0 Å². The number of hydrogen-bond acceptors (Lipinski definition) is 4. The molecule has 0 aliphatic rings. The van der Waals surface area contributed by atoms with E-state index in [0.717, 1.165) is 11.4 Å². The molecular formula is C17H19NO3. The number of ether oxygens (including phenoxy) is 2. The molecule has 0 saturated heterocycles. The zero-order chi connectivity index (χ0) is 15.1. The van der Waals surface area contributed by atoms with Gasteiger partial charge in [0.25, 0.3) is 0 Å². The largest absolute Gasteiger partial charge is 0.467 e. The van der Waals surface area contributed by atoms with E-state index in [9.17, 15) is 4.79 Å². The predicted octanol–water partition coefficient (Wildman–Crippen LogP) is 3.84. The van der Waals surface area contributed by atoms with Gasteiger partial charge in [0.2, 0.25) is 0 Å². The topological polar surface area (TPSA) is 47.6 Å². The lowest BCUT2D eigenvalue weighted by Crippen LogP contribution is -2.29. The van der Waals surface area contributed by atoms with E-state index < -0.39 is 0 Å². The molecule has 1 atom stereocenters. The number of carbonyl (C=O) groups is 1. The number of para-hydroxylation sites is 1. The van der Waals surface area contributed by atoms with Gasteiger partial charge in [0, 0.05) is 11.8 Å². The molecule has 110 valence electrons. The molecular weight excluding hydrogens is 266 g/mol. The van der Waals surface area contributed by atoms with Gasteiger partial charge >= 0.3 is 5.97 Å². The summed E-state index contributed by atoms with van der Waals surface area (Å²) >= 11 is 0. The number of carbonyl (C=O) groups excluding carboxylic acids is 1. The predicted molar refractivity (Wildman–Crippen MR) is 82.7 cm³/mol. The van der Waals surface area contributed by atoms with E-state index in [1.54, 1.807) is 0 Å². The van der Waals surface area contributed by atoms with Gasteiger partial charge in [-0.05, 0) is 30.7 Å². The molecule has 21 heavy (non-hydrogen) atoms. The van der Waals surface area contributed by atoms with Crippen LogP contribution < -0.4 is 10.1 Å². The number of rotatable bonds is 6. The first kappa shape index (κ1) is 14.9. The second kappa shape index (κ2) is 7.33. The lowest BCUT2D eigenvalue weighted by Gasteiger charge is -2.16. The van der Waals surface area contributed by atoms with Crippen molar-refractivity contribution in [2.24, 2.45) is 0 Å². The minimum atomic E-state index is -0.359. The van der Waals surface area contributed by atoms with Crippen molar-refractivity contribution in [3.8, 4) is 11.5 Å². The number of esters is 1. The van der Waals surface area contributed by atoms with Crippen molar-refractivity contribution >= 4 is 11.7 Å². The van der Waals surface area contributed by atoms with Gasteiger partial charge in [0.1, 0.15) is 17.5 Å². The molecule has 0 aliphatic heterocycles. The molecule has 0 amide bonds. The molecule has 0 bridgehead atoms. The number of benzene rings is 2. The average Bonchev–Trinajstić information content (AvgIpc) is 2.53. The van der Waals surface area contributed by atoms with Crippen LogP contribution in [0.3, 0.4) is 0 Å². The highest BCUT2D eigenvalue weighted by molar-refractivity contribution is 5.79. The fourth-order valence-corrected chi connectivity index (χ4v) is 1.95. The first-order chi connectivity index (χ1) is 10.2. The van der Waals surface area contributed by atoms with E-state index in [1.807, 2.05) is 61.5 Å². The first-order valence-electron chi connectivity index (χ1n) is 6.90. The van der Waals surface area contributed by atoms with E-state index in [2.05, 4.69) is 5.32 Å². The highest BCUT2D eigenvalue weighted by Crippen LogP contribution is 2.24. The number of methoxy groups -OCH3 is 1. The van der Waals surface area contributed by atoms with Gasteiger partial charge < -0.3 is 14.8 Å². The van der Waals surface area contributed by atoms with Crippen molar-refractivity contribution in [1.82, 2.24) is 0 Å². The number of nitrogens with one attached hydrogen (secondary N) is 1. The molecule has 0 fully saturated rings. The maximum Gasteiger partial charge on any atom is 0.328 e. The summed E-state index contributed by atoms with van der Waals surface area (Å²) in [4.78, 5) is 11.6. The van der Waals surface area contributed by atoms with Crippen molar-refractivity contribution < 1.29 is 14.3 Å². The van der Waals surface area contributed by atoms with E-state index in [4.69, 9.17) is 9.47 Å². The summed E-state index contributed by atoms with van der Waals surface area (Å²) in [6, 6.07) is 16.7. The summed E-state index contributed by atoms with van der Waals surface area (Å²) in [6.07, 6.45) is 0.649. The Kier molecular flexibility index (Phi) is 5.21. The van der Waals surface area contributed by atoms with Crippen LogP contribution in [0.2, 0.25) is 0 Å². The molecule has 0 aliphatic carbocycles. The van der Waals surface area contributed by atoms with E-state index >= 15 is 0 Å². The molecule has 2 aromatic carbocycles. The van der Waals surface area contributed by atoms with Gasteiger partial charge in [-0.15, -0.1) is 0 Å². The smallest absolute Gasteiger partial charge is 0.328 e. The summed E-state index contributed by atoms with van der Waals surface area (Å²) in [5.74, 6) is 1.22. The minimum Gasteiger partial charge on any atom is -0.467 e. The Hall–Kier alpha value is -2.49. The van der Waals surface area contributed by atoms with Crippen molar-refractivity contribution in [3.05, 3.63) is 54.6 Å². The molecule has 4 nitrogen and oxygen atoms in total. The Balaban J connectivity index is 2.08. The van der Waals surface area contributed by atoms with Crippen LogP contribution in [0.5, 0.6) is 11.5 Å². The SMILES string of the molecule is CCC(Nc1cccc(Oc2ccccc2)c1)C(=O)OC. The average molecular weight is 285 g/mol. The third-order valence-corrected chi connectivity index (χ3v) is 3.05. The third-order valence-electron chi connectivity index (χ3n) is 3.05. The molecule has 0 spiro atoms. The van der Waals surface area contributed by atoms with Crippen molar-refractivity contribution in [1.29, 1.82) is 0 Å². The van der Waals surface area contributed by atoms with Gasteiger partial charge in [-0.3, -0.25) is 0 Å². The second-order valence-electron chi connectivity index (χ2n) is 4.57. The highest BCUT2D eigenvalue weighted by Gasteiger charge is 2.16. The van der Waals surface area contributed by atoms with Crippen molar-refractivity contribution in [2.75, 3.05) is 12.4 Å². The standard InChI is InChI=1S/C17H19NO3/c1-3-16(17(19)20-2)18-13-8-7-11-15(12-13)21-14-9-5-4-6-10-14/h4-12,16,18H,3H2,1-2H3. The fraction of sp³-hybridized carbons (Fsp3) is 0.235. The van der Waals surface area contributed by atoms with E-state index in [-0.39, 0.29) is 12.0 Å². The summed E-state index contributed by atoms with van der Waals surface area (Å²) in [6.45, 7) is 1.93. The summed E-state index contributed by atoms with van der Waals surface area (Å²) in [5.41, 5.74) is 0.820. The zero-order valence-electron chi connectivity index (χ0n) is 12.2. The maximum absolute atomic E-state index is 11.6. The molecule has 2 aromatic rings. The molecule has 2 rings (SSSR count). The van der Waals surface area contributed by atoms with E-state index in [1.165, 1.54) is 7.11 Å². The monoisotopic (exact) mass is 285 g/mol. The van der Waals surface area contributed by atoms with Gasteiger partial charge in [-0.2, -0.15) is 0 Å². The number of hydrogen-bond donors (Lipinski definition) is 1. The first-order valence-corrected chi connectivity index (χ1v) is 6.90. The molecule has 0 aromatic heterocycles. The number of anilines is 1. The normalized spacial score (nSPS) is 11.5. The van der Waals surface area contributed by atoms with Crippen molar-refractivity contribution in [2.45, 2.75) is 19.4 Å². The van der Waals surface area contributed by atoms with Crippen molar-refractivity contribution in [3.63, 3.8) is 0 Å². The Morgan fingerprint density at radius 3 is 2.48 bits per heavy atom. The van der Waals surface area contributed by atoms with Crippen LogP contribution in [0.25, 0.3) is 0 Å². The summed E-state index contributed by atoms with van der Waals surface area (Å²) in [7, 11) is 1.39. The summed E-state index contributed by atoms with van der Waals surface area (Å²) in [5, 5.41) is 3.15. The molecule has 0 saturated carbocycles. The summed E-state index contributed by atoms with van der Waals surface area (Å²) < 4.78 is 10.5. The van der Waals surface area contributed by atoms with Crippen LogP contribution in [0, 0.1) is 0 Å². The Labute approximate surface area is 124 Å². The zero-order valence-corrected chi connectivity index (χ0v) is 12.2. The molecule has 1 N–H and O–H groups in total. The lowest BCUT2D eigenvalue weighted by molar-refractivity contribution is -0.141. The van der Waals surface area contributed by atoms with Gasteiger partial charge in [-0.1, -0.05) is 31.2 Å². The quantitative estimate of drug-likeness (QED) is 0.819. The van der Waals surface area contributed by atoms with Gasteiger partial charge in [-0.25, -0.2) is 4.79 Å². The van der Waals surface area contributed by atoms with Crippen LogP contribution in [0.1, 0.15) is 13.3 Å². The highest BCUT2D eigenvalue weighted by atomic mass is 16.5. The molecule has 4 heteroatoms. The van der Waals surface area contributed by atoms with Crippen LogP contribution in [0.15, 0.2) is 54.6 Å². The van der Waals surface area contributed by atoms with Crippen LogP contribution in [-0.4, -0.2) is 19.1 Å². The maximum atomic E-state index is 11.6. The lowest BCUT2D eigenvalue weighted by atomic mass is 10.2. The fourth-order valence-electron chi connectivity index (χ4n) is 1.95. The molecule has 0 heterocycles. The van der Waals surface area contributed by atoms with Crippen LogP contribution in [0.4, 0.5) is 5.69 Å². The minimum absolute atomic E-state index is 0.271. The van der Waals surface area contributed by atoms with Gasteiger partial charge in [0.05, 0.1) is 7.11 Å². The van der Waals surface area contributed by atoms with E-state index in [0.29, 0.717) is 12.2 Å². The Morgan fingerprint density at radius 1 is 1.10 bits per heavy atom. The third kappa shape index (κ3) is 4.24.